The molecule has 1 unspecified atom stereocenters. The molecule has 2 rings (SSSR count). The van der Waals surface area contributed by atoms with Gasteiger partial charge in [0.05, 0.1) is 5.92 Å². The lowest BCUT2D eigenvalue weighted by Gasteiger charge is -2.34. The van der Waals surface area contributed by atoms with Crippen LogP contribution < -0.4 is 0 Å². The summed E-state index contributed by atoms with van der Waals surface area (Å²) in [6.45, 7) is 2.67. The first-order valence-corrected chi connectivity index (χ1v) is 6.60. The van der Waals surface area contributed by atoms with Crippen LogP contribution in [0.3, 0.4) is 0 Å². The minimum atomic E-state index is -0.769. The summed E-state index contributed by atoms with van der Waals surface area (Å²) in [4.78, 5) is 13.3. The molecule has 0 saturated heterocycles. The van der Waals surface area contributed by atoms with E-state index in [1.807, 2.05) is 24.3 Å². The van der Waals surface area contributed by atoms with Crippen molar-refractivity contribution in [2.24, 2.45) is 0 Å². The van der Waals surface area contributed by atoms with Gasteiger partial charge in [0.15, 0.2) is 0 Å². The highest BCUT2D eigenvalue weighted by Crippen LogP contribution is 2.25. The van der Waals surface area contributed by atoms with Gasteiger partial charge in [-0.25, -0.2) is 0 Å². The van der Waals surface area contributed by atoms with Gasteiger partial charge in [-0.2, -0.15) is 0 Å². The highest BCUT2D eigenvalue weighted by molar-refractivity contribution is 5.75. The quantitative estimate of drug-likeness (QED) is 0.869. The molecule has 0 radical (unpaired) electrons. The van der Waals surface area contributed by atoms with Gasteiger partial charge in [0.2, 0.25) is 0 Å². The number of carbonyl (C=O) groups is 1. The number of carboxylic acids is 1. The number of rotatable bonds is 5. The lowest BCUT2D eigenvalue weighted by molar-refractivity contribution is -0.138. The largest absolute Gasteiger partial charge is 0.481 e. The van der Waals surface area contributed by atoms with E-state index in [-0.39, 0.29) is 0 Å². The maximum absolute atomic E-state index is 10.9. The van der Waals surface area contributed by atoms with Gasteiger partial charge in [-0.05, 0) is 37.9 Å². The Labute approximate surface area is 108 Å². The zero-order chi connectivity index (χ0) is 13.1. The molecule has 98 valence electrons. The topological polar surface area (TPSA) is 40.5 Å². The number of carboxylic acid groups (broad SMARTS) is 1. The van der Waals surface area contributed by atoms with Gasteiger partial charge >= 0.3 is 5.97 Å². The molecule has 1 saturated carbocycles. The summed E-state index contributed by atoms with van der Waals surface area (Å²) in [7, 11) is 2.16. The Hall–Kier alpha value is -1.35. The molecule has 0 bridgehead atoms. The van der Waals surface area contributed by atoms with E-state index in [4.69, 9.17) is 5.11 Å². The first kappa shape index (κ1) is 13.1. The zero-order valence-electron chi connectivity index (χ0n) is 11.1. The molecule has 1 aromatic carbocycles. The first-order valence-electron chi connectivity index (χ1n) is 6.60. The predicted octanol–water partition coefficient (Wildman–Crippen LogP) is 2.86. The fourth-order valence-electron chi connectivity index (χ4n) is 2.30. The van der Waals surface area contributed by atoms with E-state index in [1.165, 1.54) is 24.8 Å². The first-order chi connectivity index (χ1) is 8.58. The molecule has 0 amide bonds. The third-order valence-electron chi connectivity index (χ3n) is 3.98. The van der Waals surface area contributed by atoms with Crippen molar-refractivity contribution in [2.75, 3.05) is 7.05 Å². The Morgan fingerprint density at radius 1 is 1.39 bits per heavy atom. The smallest absolute Gasteiger partial charge is 0.310 e. The van der Waals surface area contributed by atoms with Crippen LogP contribution in [0.15, 0.2) is 24.3 Å². The molecule has 1 aromatic rings. The van der Waals surface area contributed by atoms with Crippen LogP contribution in [0.1, 0.15) is 43.2 Å². The standard InChI is InChI=1S/C15H21NO2/c1-11(15(17)18)13-8-6-12(7-9-13)10-16(2)14-4-3-5-14/h6-9,11,14H,3-5,10H2,1-2H3,(H,17,18). The number of nitrogens with zero attached hydrogens (tertiary/aromatic N) is 1. The van der Waals surface area contributed by atoms with Crippen LogP contribution in [0.25, 0.3) is 0 Å². The van der Waals surface area contributed by atoms with Gasteiger partial charge in [0.1, 0.15) is 0 Å². The minimum absolute atomic E-state index is 0.427. The Bertz CT molecular complexity index is 409. The van der Waals surface area contributed by atoms with Gasteiger partial charge in [-0.15, -0.1) is 0 Å². The summed E-state index contributed by atoms with van der Waals surface area (Å²) in [6.07, 6.45) is 3.97. The van der Waals surface area contributed by atoms with Crippen molar-refractivity contribution in [1.82, 2.24) is 4.90 Å². The predicted molar refractivity (Wildman–Crippen MR) is 71.6 cm³/mol. The summed E-state index contributed by atoms with van der Waals surface area (Å²) in [6, 6.07) is 8.70. The van der Waals surface area contributed by atoms with Gasteiger partial charge < -0.3 is 5.11 Å². The SMILES string of the molecule is CC(C(=O)O)c1ccc(CN(C)C2CCC2)cc1. The maximum atomic E-state index is 10.9. The monoisotopic (exact) mass is 247 g/mol. The van der Waals surface area contributed by atoms with Crippen LogP contribution in [0, 0.1) is 0 Å². The van der Waals surface area contributed by atoms with Crippen LogP contribution in [0.2, 0.25) is 0 Å². The summed E-state index contributed by atoms with van der Waals surface area (Å²) in [5, 5.41) is 8.95. The van der Waals surface area contributed by atoms with Gasteiger partial charge in [0, 0.05) is 12.6 Å². The van der Waals surface area contributed by atoms with Crippen molar-refractivity contribution in [3.05, 3.63) is 35.4 Å². The van der Waals surface area contributed by atoms with Crippen LogP contribution in [0.5, 0.6) is 0 Å². The van der Waals surface area contributed by atoms with E-state index in [1.54, 1.807) is 6.92 Å². The van der Waals surface area contributed by atoms with Crippen molar-refractivity contribution in [3.63, 3.8) is 0 Å². The molecule has 0 spiro atoms. The fourth-order valence-corrected chi connectivity index (χ4v) is 2.30. The van der Waals surface area contributed by atoms with Crippen molar-refractivity contribution in [2.45, 2.75) is 44.7 Å². The average Bonchev–Trinajstić information content (AvgIpc) is 2.26. The van der Waals surface area contributed by atoms with E-state index in [9.17, 15) is 4.79 Å². The lowest BCUT2D eigenvalue weighted by Crippen LogP contribution is -2.36. The third-order valence-corrected chi connectivity index (χ3v) is 3.98. The highest BCUT2D eigenvalue weighted by Gasteiger charge is 2.21. The number of hydrogen-bond acceptors (Lipinski definition) is 2. The Balaban J connectivity index is 1.96. The molecule has 1 atom stereocenters. The van der Waals surface area contributed by atoms with Crippen molar-refractivity contribution >= 4 is 5.97 Å². The van der Waals surface area contributed by atoms with Crippen LogP contribution in [-0.4, -0.2) is 29.1 Å². The highest BCUT2D eigenvalue weighted by atomic mass is 16.4. The van der Waals surface area contributed by atoms with Gasteiger partial charge in [-0.1, -0.05) is 30.7 Å². The summed E-state index contributed by atoms with van der Waals surface area (Å²) in [5.41, 5.74) is 2.13. The lowest BCUT2D eigenvalue weighted by atomic mass is 9.91. The maximum Gasteiger partial charge on any atom is 0.310 e. The van der Waals surface area contributed by atoms with E-state index in [2.05, 4.69) is 11.9 Å². The van der Waals surface area contributed by atoms with Crippen LogP contribution in [-0.2, 0) is 11.3 Å². The van der Waals surface area contributed by atoms with Gasteiger partial charge in [-0.3, -0.25) is 9.69 Å². The number of aliphatic carboxylic acids is 1. The second-order valence-corrected chi connectivity index (χ2v) is 5.30. The Morgan fingerprint density at radius 3 is 2.44 bits per heavy atom. The fraction of sp³-hybridized carbons (Fsp3) is 0.533. The molecular weight excluding hydrogens is 226 g/mol. The van der Waals surface area contributed by atoms with Crippen molar-refractivity contribution in [3.8, 4) is 0 Å². The molecule has 0 heterocycles. The molecule has 18 heavy (non-hydrogen) atoms. The molecule has 3 nitrogen and oxygen atoms in total. The molecule has 1 fully saturated rings. The summed E-state index contributed by atoms with van der Waals surface area (Å²) >= 11 is 0. The molecule has 0 aliphatic heterocycles. The Morgan fingerprint density at radius 2 is 2.00 bits per heavy atom. The number of hydrogen-bond donors (Lipinski definition) is 1. The molecule has 0 aromatic heterocycles. The van der Waals surface area contributed by atoms with Crippen LogP contribution in [0.4, 0.5) is 0 Å². The second kappa shape index (κ2) is 5.53. The van der Waals surface area contributed by atoms with E-state index in [0.717, 1.165) is 18.2 Å². The molecule has 1 aliphatic rings. The minimum Gasteiger partial charge on any atom is -0.481 e. The van der Waals surface area contributed by atoms with Crippen molar-refractivity contribution in [1.29, 1.82) is 0 Å². The van der Waals surface area contributed by atoms with E-state index >= 15 is 0 Å². The summed E-state index contributed by atoms with van der Waals surface area (Å²) in [5.74, 6) is -1.20. The molecule has 3 heteroatoms. The van der Waals surface area contributed by atoms with Crippen LogP contribution >= 0.6 is 0 Å². The number of benzene rings is 1. The average molecular weight is 247 g/mol. The zero-order valence-corrected chi connectivity index (χ0v) is 11.1. The molecule has 1 aliphatic carbocycles. The van der Waals surface area contributed by atoms with Crippen molar-refractivity contribution < 1.29 is 9.90 Å². The summed E-state index contributed by atoms with van der Waals surface area (Å²) < 4.78 is 0. The normalized spacial score (nSPS) is 17.5. The van der Waals surface area contributed by atoms with E-state index < -0.39 is 11.9 Å². The molecule has 1 N–H and O–H groups in total. The van der Waals surface area contributed by atoms with Gasteiger partial charge in [0.25, 0.3) is 0 Å². The second-order valence-electron chi connectivity index (χ2n) is 5.30. The molecular formula is C15H21NO2. The third kappa shape index (κ3) is 2.91. The van der Waals surface area contributed by atoms with E-state index in [0.29, 0.717) is 0 Å². The Kier molecular flexibility index (Phi) is 4.02.